The molecule has 0 unspecified atom stereocenters. The Bertz CT molecular complexity index is 679. The predicted octanol–water partition coefficient (Wildman–Crippen LogP) is 2.40. The summed E-state index contributed by atoms with van der Waals surface area (Å²) in [5.41, 5.74) is 2.71. The van der Waals surface area contributed by atoms with Gasteiger partial charge in [0.2, 0.25) is 5.13 Å². The monoisotopic (exact) mass is 257 g/mol. The van der Waals surface area contributed by atoms with Crippen LogP contribution in [0.25, 0.3) is 11.0 Å². The number of aromatic nitrogens is 4. The zero-order valence-corrected chi connectivity index (χ0v) is 10.6. The van der Waals surface area contributed by atoms with Crippen molar-refractivity contribution in [1.29, 1.82) is 0 Å². The minimum atomic E-state index is 0.604. The molecule has 5 nitrogen and oxygen atoms in total. The molecule has 0 bridgehead atoms. The average molecular weight is 257 g/mol. The highest BCUT2D eigenvalue weighted by Crippen LogP contribution is 2.15. The van der Waals surface area contributed by atoms with Crippen molar-refractivity contribution >= 4 is 27.5 Å². The van der Waals surface area contributed by atoms with Crippen molar-refractivity contribution < 1.29 is 0 Å². The van der Waals surface area contributed by atoms with Crippen molar-refractivity contribution in [2.75, 3.05) is 5.32 Å². The summed E-state index contributed by atoms with van der Waals surface area (Å²) in [6, 6.07) is 7.83. The molecule has 6 heteroatoms. The Kier molecular flexibility index (Phi) is 2.85. The van der Waals surface area contributed by atoms with E-state index in [0.29, 0.717) is 6.54 Å². The van der Waals surface area contributed by atoms with E-state index >= 15 is 0 Å². The fourth-order valence-electron chi connectivity index (χ4n) is 1.61. The molecule has 0 amide bonds. The van der Waals surface area contributed by atoms with Gasteiger partial charge in [-0.15, -0.1) is 10.2 Å². The number of anilines is 1. The Morgan fingerprint density at radius 1 is 1.17 bits per heavy atom. The van der Waals surface area contributed by atoms with E-state index in [9.17, 15) is 0 Å². The zero-order valence-electron chi connectivity index (χ0n) is 9.79. The van der Waals surface area contributed by atoms with Crippen LogP contribution in [0.5, 0.6) is 0 Å². The molecule has 0 aliphatic heterocycles. The lowest BCUT2D eigenvalue weighted by Crippen LogP contribution is -2.02. The summed E-state index contributed by atoms with van der Waals surface area (Å²) in [6.07, 6.45) is 1.78. The predicted molar refractivity (Wildman–Crippen MR) is 71.5 cm³/mol. The fraction of sp³-hybridized carbons (Fsp3) is 0.167. The molecule has 3 aromatic rings. The lowest BCUT2D eigenvalue weighted by atomic mass is 10.3. The summed E-state index contributed by atoms with van der Waals surface area (Å²) < 4.78 is 0. The number of fused-ring (bicyclic) bond motifs is 1. The highest BCUT2D eigenvalue weighted by Gasteiger charge is 2.02. The number of nitrogens with one attached hydrogen (secondary N) is 1. The normalized spacial score (nSPS) is 10.7. The molecule has 0 aliphatic carbocycles. The zero-order chi connectivity index (χ0) is 12.4. The van der Waals surface area contributed by atoms with E-state index in [4.69, 9.17) is 0 Å². The molecule has 90 valence electrons. The van der Waals surface area contributed by atoms with E-state index < -0.39 is 0 Å². The van der Waals surface area contributed by atoms with Crippen LogP contribution in [-0.2, 0) is 6.54 Å². The van der Waals surface area contributed by atoms with Crippen LogP contribution in [-0.4, -0.2) is 20.2 Å². The number of para-hydroxylation sites is 2. The minimum Gasteiger partial charge on any atom is -0.354 e. The molecule has 1 N–H and O–H groups in total. The molecule has 0 saturated carbocycles. The number of nitrogens with zero attached hydrogens (tertiary/aromatic N) is 4. The Labute approximate surface area is 108 Å². The Hall–Kier alpha value is -2.08. The first kappa shape index (κ1) is 11.0. The van der Waals surface area contributed by atoms with Gasteiger partial charge in [0.25, 0.3) is 0 Å². The van der Waals surface area contributed by atoms with Gasteiger partial charge >= 0.3 is 0 Å². The van der Waals surface area contributed by atoms with Crippen LogP contribution < -0.4 is 5.32 Å². The molecule has 0 radical (unpaired) electrons. The first-order valence-corrected chi connectivity index (χ1v) is 6.37. The Morgan fingerprint density at radius 3 is 2.78 bits per heavy atom. The number of aryl methyl sites for hydroxylation is 1. The minimum absolute atomic E-state index is 0.604. The van der Waals surface area contributed by atoms with Crippen LogP contribution in [0.3, 0.4) is 0 Å². The maximum Gasteiger partial charge on any atom is 0.205 e. The number of benzene rings is 1. The van der Waals surface area contributed by atoms with Gasteiger partial charge in [-0.2, -0.15) is 0 Å². The second-order valence-electron chi connectivity index (χ2n) is 3.83. The van der Waals surface area contributed by atoms with Crippen LogP contribution in [0.15, 0.2) is 30.5 Å². The maximum atomic E-state index is 4.53. The van der Waals surface area contributed by atoms with Crippen LogP contribution in [0.4, 0.5) is 5.13 Å². The molecule has 0 spiro atoms. The molecular formula is C12H11N5S. The summed E-state index contributed by atoms with van der Waals surface area (Å²) >= 11 is 1.53. The molecule has 0 saturated heterocycles. The van der Waals surface area contributed by atoms with Crippen molar-refractivity contribution in [3.05, 3.63) is 41.2 Å². The lowest BCUT2D eigenvalue weighted by Gasteiger charge is -2.02. The first-order valence-electron chi connectivity index (χ1n) is 5.56. The summed E-state index contributed by atoms with van der Waals surface area (Å²) in [7, 11) is 0. The molecule has 3 rings (SSSR count). The van der Waals surface area contributed by atoms with Crippen LogP contribution >= 0.6 is 11.3 Å². The summed E-state index contributed by atoms with van der Waals surface area (Å²) in [5, 5.41) is 12.9. The van der Waals surface area contributed by atoms with Crippen molar-refractivity contribution in [3.8, 4) is 0 Å². The number of hydrogen-bond donors (Lipinski definition) is 1. The van der Waals surface area contributed by atoms with Gasteiger partial charge in [-0.3, -0.25) is 4.98 Å². The van der Waals surface area contributed by atoms with Crippen molar-refractivity contribution in [2.45, 2.75) is 13.5 Å². The molecule has 0 fully saturated rings. The quantitative estimate of drug-likeness (QED) is 0.780. The Balaban J connectivity index is 1.78. The topological polar surface area (TPSA) is 63.6 Å². The molecule has 1 aromatic carbocycles. The van der Waals surface area contributed by atoms with Crippen molar-refractivity contribution in [1.82, 2.24) is 20.2 Å². The highest BCUT2D eigenvalue weighted by atomic mass is 32.1. The highest BCUT2D eigenvalue weighted by molar-refractivity contribution is 7.15. The van der Waals surface area contributed by atoms with Crippen molar-refractivity contribution in [2.24, 2.45) is 0 Å². The second kappa shape index (κ2) is 4.66. The third-order valence-corrected chi connectivity index (χ3v) is 3.24. The van der Waals surface area contributed by atoms with E-state index in [-0.39, 0.29) is 0 Å². The van der Waals surface area contributed by atoms with Gasteiger partial charge in [0.05, 0.1) is 29.5 Å². The van der Waals surface area contributed by atoms with E-state index in [2.05, 4.69) is 25.5 Å². The molecule has 0 atom stereocenters. The van der Waals surface area contributed by atoms with Gasteiger partial charge in [-0.05, 0) is 19.1 Å². The molecule has 0 aliphatic rings. The molecule has 2 heterocycles. The van der Waals surface area contributed by atoms with Gasteiger partial charge < -0.3 is 5.32 Å². The van der Waals surface area contributed by atoms with Gasteiger partial charge in [0, 0.05) is 0 Å². The molecule has 18 heavy (non-hydrogen) atoms. The number of rotatable bonds is 3. The summed E-state index contributed by atoms with van der Waals surface area (Å²) in [4.78, 5) is 8.89. The largest absolute Gasteiger partial charge is 0.354 e. The number of hydrogen-bond acceptors (Lipinski definition) is 6. The summed E-state index contributed by atoms with van der Waals surface area (Å²) in [6.45, 7) is 2.53. The van der Waals surface area contributed by atoms with Gasteiger partial charge in [0.15, 0.2) is 0 Å². The average Bonchev–Trinajstić information content (AvgIpc) is 2.82. The van der Waals surface area contributed by atoms with Gasteiger partial charge in [0.1, 0.15) is 5.01 Å². The first-order chi connectivity index (χ1) is 8.81. The smallest absolute Gasteiger partial charge is 0.205 e. The second-order valence-corrected chi connectivity index (χ2v) is 5.01. The van der Waals surface area contributed by atoms with E-state index in [0.717, 1.165) is 26.9 Å². The van der Waals surface area contributed by atoms with Gasteiger partial charge in [-0.1, -0.05) is 23.5 Å². The van der Waals surface area contributed by atoms with Crippen LogP contribution in [0, 0.1) is 6.92 Å². The van der Waals surface area contributed by atoms with E-state index in [1.165, 1.54) is 11.3 Å². The van der Waals surface area contributed by atoms with Gasteiger partial charge in [-0.25, -0.2) is 4.98 Å². The van der Waals surface area contributed by atoms with Crippen molar-refractivity contribution in [3.63, 3.8) is 0 Å². The van der Waals surface area contributed by atoms with Crippen LogP contribution in [0.1, 0.15) is 10.7 Å². The SMILES string of the molecule is Cc1nnc(NCc2cnc3ccccc3n2)s1. The maximum absolute atomic E-state index is 4.53. The fourth-order valence-corrected chi connectivity index (χ4v) is 2.20. The Morgan fingerprint density at radius 2 is 2.00 bits per heavy atom. The van der Waals surface area contributed by atoms with E-state index in [1.807, 2.05) is 31.2 Å². The summed E-state index contributed by atoms with van der Waals surface area (Å²) in [5.74, 6) is 0. The molecular weight excluding hydrogens is 246 g/mol. The lowest BCUT2D eigenvalue weighted by molar-refractivity contribution is 0.998. The molecule has 2 aromatic heterocycles. The van der Waals surface area contributed by atoms with E-state index in [1.54, 1.807) is 6.20 Å². The van der Waals surface area contributed by atoms with Crippen LogP contribution in [0.2, 0.25) is 0 Å². The third kappa shape index (κ3) is 2.28. The standard InChI is InChI=1S/C12H11N5S/c1-8-16-17-12(18-8)14-7-9-6-13-10-4-2-3-5-11(10)15-9/h2-6H,7H2,1H3,(H,14,17). The third-order valence-electron chi connectivity index (χ3n) is 2.45.